The maximum Gasteiger partial charge on any atom is 0.130 e. The number of nitrogen functional groups attached to an aromatic ring is 1. The van der Waals surface area contributed by atoms with Gasteiger partial charge in [0.25, 0.3) is 0 Å². The number of nitrogens with zero attached hydrogens (tertiary/aromatic N) is 3. The molecule has 2 aromatic rings. The largest absolute Gasteiger partial charge is 0.397 e. The summed E-state index contributed by atoms with van der Waals surface area (Å²) in [5.74, 6) is 0.791. The Bertz CT molecular complexity index is 530. The smallest absolute Gasteiger partial charge is 0.130 e. The fourth-order valence-corrected chi connectivity index (χ4v) is 1.67. The van der Waals surface area contributed by atoms with Gasteiger partial charge in [0.15, 0.2) is 0 Å². The third-order valence-corrected chi connectivity index (χ3v) is 2.65. The molecule has 0 amide bonds. The molecule has 0 saturated heterocycles. The number of aryl methyl sites for hydroxylation is 3. The molecule has 0 fully saturated rings. The van der Waals surface area contributed by atoms with Gasteiger partial charge >= 0.3 is 0 Å². The molecule has 2 aromatic heterocycles. The summed E-state index contributed by atoms with van der Waals surface area (Å²) in [5, 5.41) is 7.63. The van der Waals surface area contributed by atoms with Crippen molar-refractivity contribution in [2.75, 3.05) is 11.1 Å². The van der Waals surface area contributed by atoms with Crippen molar-refractivity contribution >= 4 is 17.2 Å². The van der Waals surface area contributed by atoms with Gasteiger partial charge in [0.1, 0.15) is 5.82 Å². The van der Waals surface area contributed by atoms with Gasteiger partial charge in [-0.05, 0) is 25.0 Å². The standard InChI is InChI=1S/C12H17N5/c1-4-10-11(7-17(3)16-10)15-12-5-8(2)9(13)6-14-12/h5-7H,4,13H2,1-3H3,(H,14,15). The first-order valence-corrected chi connectivity index (χ1v) is 5.61. The number of nitrogens with two attached hydrogens (primary N) is 1. The average Bonchev–Trinajstić information content (AvgIpc) is 2.64. The van der Waals surface area contributed by atoms with E-state index in [1.165, 1.54) is 0 Å². The summed E-state index contributed by atoms with van der Waals surface area (Å²) in [6.07, 6.45) is 4.50. The molecular weight excluding hydrogens is 214 g/mol. The number of hydrogen-bond acceptors (Lipinski definition) is 4. The topological polar surface area (TPSA) is 68.8 Å². The second-order valence-corrected chi connectivity index (χ2v) is 4.07. The monoisotopic (exact) mass is 231 g/mol. The van der Waals surface area contributed by atoms with Crippen molar-refractivity contribution in [2.45, 2.75) is 20.3 Å². The van der Waals surface area contributed by atoms with Crippen LogP contribution in [-0.4, -0.2) is 14.8 Å². The van der Waals surface area contributed by atoms with Gasteiger partial charge < -0.3 is 11.1 Å². The predicted molar refractivity (Wildman–Crippen MR) is 69.3 cm³/mol. The maximum atomic E-state index is 5.74. The van der Waals surface area contributed by atoms with Crippen LogP contribution in [0.3, 0.4) is 0 Å². The predicted octanol–water partition coefficient (Wildman–Crippen LogP) is 2.01. The van der Waals surface area contributed by atoms with Crippen LogP contribution in [0.4, 0.5) is 17.2 Å². The van der Waals surface area contributed by atoms with Crippen LogP contribution in [0.25, 0.3) is 0 Å². The highest BCUT2D eigenvalue weighted by Crippen LogP contribution is 2.20. The highest BCUT2D eigenvalue weighted by atomic mass is 15.3. The van der Waals surface area contributed by atoms with Gasteiger partial charge in [-0.25, -0.2) is 4.98 Å². The number of aromatic nitrogens is 3. The Balaban J connectivity index is 2.27. The molecule has 2 heterocycles. The van der Waals surface area contributed by atoms with E-state index in [9.17, 15) is 0 Å². The van der Waals surface area contributed by atoms with Crippen molar-refractivity contribution in [1.82, 2.24) is 14.8 Å². The van der Waals surface area contributed by atoms with Crippen molar-refractivity contribution in [2.24, 2.45) is 7.05 Å². The zero-order valence-corrected chi connectivity index (χ0v) is 10.4. The van der Waals surface area contributed by atoms with E-state index in [2.05, 4.69) is 22.3 Å². The highest BCUT2D eigenvalue weighted by Gasteiger charge is 2.07. The minimum Gasteiger partial charge on any atom is -0.397 e. The molecule has 0 spiro atoms. The van der Waals surface area contributed by atoms with Crippen molar-refractivity contribution in [3.05, 3.63) is 29.7 Å². The summed E-state index contributed by atoms with van der Waals surface area (Å²) in [7, 11) is 1.91. The molecule has 17 heavy (non-hydrogen) atoms. The second kappa shape index (κ2) is 4.45. The minimum absolute atomic E-state index is 0.706. The van der Waals surface area contributed by atoms with E-state index in [4.69, 9.17) is 5.73 Å². The number of anilines is 3. The molecule has 0 bridgehead atoms. The van der Waals surface area contributed by atoms with Crippen LogP contribution >= 0.6 is 0 Å². The number of pyridine rings is 1. The fraction of sp³-hybridized carbons (Fsp3) is 0.333. The highest BCUT2D eigenvalue weighted by molar-refractivity contribution is 5.61. The van der Waals surface area contributed by atoms with Gasteiger partial charge in [0, 0.05) is 13.2 Å². The van der Waals surface area contributed by atoms with Crippen LogP contribution in [-0.2, 0) is 13.5 Å². The van der Waals surface area contributed by atoms with Crippen LogP contribution in [0, 0.1) is 6.92 Å². The molecule has 90 valence electrons. The summed E-state index contributed by atoms with van der Waals surface area (Å²) < 4.78 is 1.80. The Morgan fingerprint density at radius 3 is 2.88 bits per heavy atom. The molecule has 5 nitrogen and oxygen atoms in total. The molecule has 0 aliphatic heterocycles. The number of hydrogen-bond donors (Lipinski definition) is 2. The third kappa shape index (κ3) is 2.38. The van der Waals surface area contributed by atoms with E-state index >= 15 is 0 Å². The lowest BCUT2D eigenvalue weighted by Crippen LogP contribution is -1.98. The maximum absolute atomic E-state index is 5.74. The van der Waals surface area contributed by atoms with Crippen LogP contribution in [0.15, 0.2) is 18.5 Å². The molecule has 0 atom stereocenters. The molecule has 0 aliphatic carbocycles. The quantitative estimate of drug-likeness (QED) is 0.847. The van der Waals surface area contributed by atoms with E-state index < -0.39 is 0 Å². The normalized spacial score (nSPS) is 10.5. The minimum atomic E-state index is 0.706. The Kier molecular flexibility index (Phi) is 2.99. The van der Waals surface area contributed by atoms with Crippen LogP contribution < -0.4 is 11.1 Å². The molecular formula is C12H17N5. The molecule has 0 radical (unpaired) electrons. The fourth-order valence-electron chi connectivity index (χ4n) is 1.67. The lowest BCUT2D eigenvalue weighted by molar-refractivity contribution is 0.746. The summed E-state index contributed by atoms with van der Waals surface area (Å²) in [5.41, 5.74) is 9.48. The molecule has 0 aliphatic rings. The van der Waals surface area contributed by atoms with Crippen molar-refractivity contribution in [1.29, 1.82) is 0 Å². The van der Waals surface area contributed by atoms with Gasteiger partial charge in [0.2, 0.25) is 0 Å². The number of rotatable bonds is 3. The Hall–Kier alpha value is -2.04. The Labute approximate surface area is 101 Å². The van der Waals surface area contributed by atoms with Crippen LogP contribution in [0.5, 0.6) is 0 Å². The van der Waals surface area contributed by atoms with Gasteiger partial charge in [-0.15, -0.1) is 0 Å². The molecule has 0 saturated carbocycles. The number of nitrogens with one attached hydrogen (secondary N) is 1. The molecule has 2 rings (SSSR count). The SMILES string of the molecule is CCc1nn(C)cc1Nc1cc(C)c(N)cn1. The van der Waals surface area contributed by atoms with Gasteiger partial charge in [-0.3, -0.25) is 4.68 Å². The van der Waals surface area contributed by atoms with Crippen LogP contribution in [0.1, 0.15) is 18.2 Å². The van der Waals surface area contributed by atoms with Gasteiger partial charge in [-0.2, -0.15) is 5.10 Å². The Morgan fingerprint density at radius 1 is 1.47 bits per heavy atom. The zero-order chi connectivity index (χ0) is 12.4. The van der Waals surface area contributed by atoms with E-state index in [0.29, 0.717) is 5.69 Å². The third-order valence-electron chi connectivity index (χ3n) is 2.65. The van der Waals surface area contributed by atoms with E-state index in [1.807, 2.05) is 26.2 Å². The average molecular weight is 231 g/mol. The van der Waals surface area contributed by atoms with Crippen molar-refractivity contribution in [3.63, 3.8) is 0 Å². The summed E-state index contributed by atoms with van der Waals surface area (Å²) in [6, 6.07) is 1.93. The lowest BCUT2D eigenvalue weighted by atomic mass is 10.2. The first-order valence-electron chi connectivity index (χ1n) is 5.61. The first kappa shape index (κ1) is 11.4. The van der Waals surface area contributed by atoms with Crippen molar-refractivity contribution < 1.29 is 0 Å². The summed E-state index contributed by atoms with van der Waals surface area (Å²) >= 11 is 0. The van der Waals surface area contributed by atoms with Gasteiger partial charge in [0.05, 0.1) is 23.3 Å². The van der Waals surface area contributed by atoms with E-state index in [1.54, 1.807) is 10.9 Å². The molecule has 5 heteroatoms. The van der Waals surface area contributed by atoms with Crippen molar-refractivity contribution in [3.8, 4) is 0 Å². The van der Waals surface area contributed by atoms with E-state index in [0.717, 1.165) is 29.2 Å². The van der Waals surface area contributed by atoms with E-state index in [-0.39, 0.29) is 0 Å². The molecule has 0 unspecified atom stereocenters. The Morgan fingerprint density at radius 2 is 2.24 bits per heavy atom. The second-order valence-electron chi connectivity index (χ2n) is 4.07. The summed E-state index contributed by atoms with van der Waals surface area (Å²) in [6.45, 7) is 4.04. The zero-order valence-electron chi connectivity index (χ0n) is 10.4. The van der Waals surface area contributed by atoms with Crippen LogP contribution in [0.2, 0.25) is 0 Å². The molecule has 3 N–H and O–H groups in total. The first-order chi connectivity index (χ1) is 8.10. The molecule has 0 aromatic carbocycles. The van der Waals surface area contributed by atoms with Gasteiger partial charge in [-0.1, -0.05) is 6.92 Å². The lowest BCUT2D eigenvalue weighted by Gasteiger charge is -2.06. The summed E-state index contributed by atoms with van der Waals surface area (Å²) in [4.78, 5) is 4.25.